The molecule has 112 valence electrons. The molecular formula is C15H26N4O. The molecule has 0 bridgehead atoms. The van der Waals surface area contributed by atoms with Crippen molar-refractivity contribution in [1.29, 1.82) is 0 Å². The van der Waals surface area contributed by atoms with Crippen LogP contribution in [0.15, 0.2) is 23.3 Å². The molecule has 0 saturated carbocycles. The van der Waals surface area contributed by atoms with Crippen molar-refractivity contribution >= 4 is 5.96 Å². The first kappa shape index (κ1) is 16.3. The molecule has 0 spiro atoms. The largest absolute Gasteiger partial charge is 0.472 e. The predicted octanol–water partition coefficient (Wildman–Crippen LogP) is 2.46. The van der Waals surface area contributed by atoms with Crippen LogP contribution in [0, 0.1) is 0 Å². The number of aromatic nitrogens is 1. The Morgan fingerprint density at radius 2 is 2.15 bits per heavy atom. The summed E-state index contributed by atoms with van der Waals surface area (Å²) in [6.07, 6.45) is 4.00. The summed E-state index contributed by atoms with van der Waals surface area (Å²) in [6, 6.07) is 3.81. The zero-order chi connectivity index (χ0) is 15.0. The lowest BCUT2D eigenvalue weighted by atomic mass is 10.2. The van der Waals surface area contributed by atoms with E-state index in [4.69, 9.17) is 10.5 Å². The third kappa shape index (κ3) is 6.97. The molecule has 1 aromatic heterocycles. The smallest absolute Gasteiger partial charge is 0.213 e. The van der Waals surface area contributed by atoms with Gasteiger partial charge in [-0.15, -0.1) is 0 Å². The number of rotatable bonds is 6. The molecule has 1 rings (SSSR count). The van der Waals surface area contributed by atoms with E-state index >= 15 is 0 Å². The maximum Gasteiger partial charge on any atom is 0.213 e. The second kappa shape index (κ2) is 7.72. The summed E-state index contributed by atoms with van der Waals surface area (Å²) in [4.78, 5) is 8.54. The predicted molar refractivity (Wildman–Crippen MR) is 82.9 cm³/mol. The fourth-order valence-electron chi connectivity index (χ4n) is 1.50. The fraction of sp³-hybridized carbons (Fsp3) is 0.600. The van der Waals surface area contributed by atoms with E-state index in [0.717, 1.165) is 24.9 Å². The molecule has 0 atom stereocenters. The van der Waals surface area contributed by atoms with Crippen LogP contribution in [0.5, 0.6) is 5.88 Å². The van der Waals surface area contributed by atoms with Gasteiger partial charge in [0.2, 0.25) is 5.88 Å². The van der Waals surface area contributed by atoms with Gasteiger partial charge in [-0.1, -0.05) is 19.4 Å². The van der Waals surface area contributed by atoms with Gasteiger partial charge in [-0.25, -0.2) is 9.98 Å². The van der Waals surface area contributed by atoms with E-state index in [-0.39, 0.29) is 5.60 Å². The van der Waals surface area contributed by atoms with Crippen molar-refractivity contribution in [2.24, 2.45) is 10.7 Å². The minimum absolute atomic E-state index is 0.236. The average molecular weight is 278 g/mol. The molecule has 0 aliphatic carbocycles. The van der Waals surface area contributed by atoms with Crippen molar-refractivity contribution in [3.63, 3.8) is 0 Å². The van der Waals surface area contributed by atoms with E-state index in [2.05, 4.69) is 22.2 Å². The molecule has 0 aromatic carbocycles. The van der Waals surface area contributed by atoms with E-state index in [1.807, 2.05) is 32.9 Å². The summed E-state index contributed by atoms with van der Waals surface area (Å²) in [5, 5.41) is 3.08. The van der Waals surface area contributed by atoms with E-state index in [0.29, 0.717) is 18.4 Å². The number of ether oxygens (including phenoxy) is 1. The monoisotopic (exact) mass is 278 g/mol. The van der Waals surface area contributed by atoms with Crippen molar-refractivity contribution in [2.45, 2.75) is 52.7 Å². The fourth-order valence-corrected chi connectivity index (χ4v) is 1.50. The highest BCUT2D eigenvalue weighted by Crippen LogP contribution is 2.15. The highest BCUT2D eigenvalue weighted by molar-refractivity contribution is 5.77. The molecule has 0 unspecified atom stereocenters. The quantitative estimate of drug-likeness (QED) is 0.476. The Hall–Kier alpha value is -1.78. The normalized spacial score (nSPS) is 12.3. The summed E-state index contributed by atoms with van der Waals surface area (Å²) < 4.78 is 5.66. The summed E-state index contributed by atoms with van der Waals surface area (Å²) in [6.45, 7) is 9.51. The lowest BCUT2D eigenvalue weighted by Crippen LogP contribution is -2.32. The Kier molecular flexibility index (Phi) is 6.28. The minimum atomic E-state index is -0.236. The summed E-state index contributed by atoms with van der Waals surface area (Å²) >= 11 is 0. The maximum absolute atomic E-state index is 5.77. The summed E-state index contributed by atoms with van der Waals surface area (Å²) in [5.41, 5.74) is 6.54. The van der Waals surface area contributed by atoms with Crippen LogP contribution in [0.2, 0.25) is 0 Å². The lowest BCUT2D eigenvalue weighted by Gasteiger charge is -2.20. The first-order valence-electron chi connectivity index (χ1n) is 7.08. The molecule has 0 aliphatic heterocycles. The van der Waals surface area contributed by atoms with Crippen molar-refractivity contribution in [3.05, 3.63) is 23.9 Å². The highest BCUT2D eigenvalue weighted by Gasteiger charge is 2.12. The van der Waals surface area contributed by atoms with E-state index < -0.39 is 0 Å². The first-order valence-corrected chi connectivity index (χ1v) is 7.08. The Morgan fingerprint density at radius 1 is 1.40 bits per heavy atom. The average Bonchev–Trinajstić information content (AvgIpc) is 2.36. The van der Waals surface area contributed by atoms with Gasteiger partial charge in [0.05, 0.1) is 6.54 Å². The number of nitrogens with one attached hydrogen (secondary N) is 1. The molecule has 5 heteroatoms. The number of nitrogens with two attached hydrogens (primary N) is 1. The Labute approximate surface area is 121 Å². The summed E-state index contributed by atoms with van der Waals surface area (Å²) in [7, 11) is 0. The van der Waals surface area contributed by atoms with Gasteiger partial charge in [0.1, 0.15) is 5.60 Å². The van der Waals surface area contributed by atoms with Crippen LogP contribution in [0.25, 0.3) is 0 Å². The van der Waals surface area contributed by atoms with Crippen LogP contribution in [0.1, 0.15) is 46.1 Å². The number of nitrogens with zero attached hydrogens (tertiary/aromatic N) is 2. The molecule has 5 nitrogen and oxygen atoms in total. The maximum atomic E-state index is 5.77. The second-order valence-electron chi connectivity index (χ2n) is 5.70. The van der Waals surface area contributed by atoms with Crippen LogP contribution >= 0.6 is 0 Å². The number of pyridine rings is 1. The van der Waals surface area contributed by atoms with Crippen molar-refractivity contribution < 1.29 is 4.74 Å². The first-order chi connectivity index (χ1) is 9.40. The Morgan fingerprint density at radius 3 is 2.70 bits per heavy atom. The van der Waals surface area contributed by atoms with Crippen LogP contribution in [-0.4, -0.2) is 23.1 Å². The Bertz CT molecular complexity index is 420. The van der Waals surface area contributed by atoms with Crippen molar-refractivity contribution in [1.82, 2.24) is 10.3 Å². The van der Waals surface area contributed by atoms with Gasteiger partial charge in [-0.05, 0) is 32.8 Å². The standard InChI is InChI=1S/C15H26N4O/c1-5-6-9-17-14(16)19-11-12-7-8-13(18-10-12)20-15(2,3)4/h7-8,10H,5-6,9,11H2,1-4H3,(H3,16,17,19). The molecule has 1 heterocycles. The van der Waals surface area contributed by atoms with Gasteiger partial charge in [-0.3, -0.25) is 0 Å². The molecule has 1 aromatic rings. The topological polar surface area (TPSA) is 72.5 Å². The molecule has 0 saturated heterocycles. The third-order valence-electron chi connectivity index (χ3n) is 2.48. The number of guanidine groups is 1. The Balaban J connectivity index is 2.47. The number of hydrogen-bond donors (Lipinski definition) is 2. The zero-order valence-electron chi connectivity index (χ0n) is 12.9. The summed E-state index contributed by atoms with van der Waals surface area (Å²) in [5.74, 6) is 1.10. The highest BCUT2D eigenvalue weighted by atomic mass is 16.5. The molecule has 20 heavy (non-hydrogen) atoms. The minimum Gasteiger partial charge on any atom is -0.472 e. The van der Waals surface area contributed by atoms with Crippen LogP contribution < -0.4 is 15.8 Å². The van der Waals surface area contributed by atoms with Gasteiger partial charge in [0, 0.05) is 18.8 Å². The second-order valence-corrected chi connectivity index (χ2v) is 5.70. The van der Waals surface area contributed by atoms with E-state index in [1.165, 1.54) is 0 Å². The molecular weight excluding hydrogens is 252 g/mol. The number of aliphatic imine (C=N–C) groups is 1. The van der Waals surface area contributed by atoms with Gasteiger partial charge in [0.15, 0.2) is 5.96 Å². The van der Waals surface area contributed by atoms with Gasteiger partial charge < -0.3 is 15.8 Å². The van der Waals surface area contributed by atoms with Gasteiger partial charge in [-0.2, -0.15) is 0 Å². The molecule has 0 aliphatic rings. The third-order valence-corrected chi connectivity index (χ3v) is 2.48. The molecule has 0 amide bonds. The molecule has 0 fully saturated rings. The van der Waals surface area contributed by atoms with Crippen LogP contribution in [0.3, 0.4) is 0 Å². The lowest BCUT2D eigenvalue weighted by molar-refractivity contribution is 0.124. The van der Waals surface area contributed by atoms with Crippen LogP contribution in [-0.2, 0) is 6.54 Å². The van der Waals surface area contributed by atoms with Crippen LogP contribution in [0.4, 0.5) is 0 Å². The van der Waals surface area contributed by atoms with E-state index in [9.17, 15) is 0 Å². The molecule has 0 radical (unpaired) electrons. The van der Waals surface area contributed by atoms with Crippen molar-refractivity contribution in [3.8, 4) is 5.88 Å². The van der Waals surface area contributed by atoms with Gasteiger partial charge >= 0.3 is 0 Å². The molecule has 3 N–H and O–H groups in total. The SMILES string of the molecule is CCCCNC(N)=NCc1ccc(OC(C)(C)C)nc1. The number of hydrogen-bond acceptors (Lipinski definition) is 3. The van der Waals surface area contributed by atoms with Crippen molar-refractivity contribution in [2.75, 3.05) is 6.54 Å². The van der Waals surface area contributed by atoms with E-state index in [1.54, 1.807) is 6.20 Å². The van der Waals surface area contributed by atoms with Gasteiger partial charge in [0.25, 0.3) is 0 Å². The zero-order valence-corrected chi connectivity index (χ0v) is 12.9. The number of unbranched alkanes of at least 4 members (excludes halogenated alkanes) is 1.